The first-order valence-corrected chi connectivity index (χ1v) is 7.25. The van der Waals surface area contributed by atoms with Gasteiger partial charge in [-0.2, -0.15) is 10.2 Å². The Balaban J connectivity index is 1.86. The minimum Gasteiger partial charge on any atom is -0.333 e. The Hall–Kier alpha value is -2.98. The Labute approximate surface area is 130 Å². The van der Waals surface area contributed by atoms with Crippen LogP contribution < -0.4 is 5.32 Å². The van der Waals surface area contributed by atoms with Crippen molar-refractivity contribution in [2.75, 3.05) is 5.32 Å². The van der Waals surface area contributed by atoms with Gasteiger partial charge < -0.3 is 9.84 Å². The minimum absolute atomic E-state index is 0.298. The van der Waals surface area contributed by atoms with Crippen LogP contribution in [0.1, 0.15) is 21.7 Å². The van der Waals surface area contributed by atoms with E-state index >= 15 is 0 Å². The second-order valence-corrected chi connectivity index (χ2v) is 5.37. The molecule has 0 aliphatic heterocycles. The van der Waals surface area contributed by atoms with Crippen LogP contribution >= 0.6 is 11.3 Å². The van der Waals surface area contributed by atoms with Gasteiger partial charge in [0.2, 0.25) is 0 Å². The number of nitriles is 1. The molecule has 0 bridgehead atoms. The van der Waals surface area contributed by atoms with Crippen LogP contribution in [0.2, 0.25) is 0 Å². The summed E-state index contributed by atoms with van der Waals surface area (Å²) in [6, 6.07) is 10.3. The van der Waals surface area contributed by atoms with Crippen LogP contribution in [-0.4, -0.2) is 16.0 Å². The summed E-state index contributed by atoms with van der Waals surface area (Å²) in [5, 5.41) is 17.3. The summed E-state index contributed by atoms with van der Waals surface area (Å²) in [7, 11) is 0. The lowest BCUT2D eigenvalue weighted by atomic mass is 10.1. The van der Waals surface area contributed by atoms with Crippen molar-refractivity contribution in [2.45, 2.75) is 6.92 Å². The molecule has 0 saturated heterocycles. The Morgan fingerprint density at radius 3 is 3.00 bits per heavy atom. The highest BCUT2D eigenvalue weighted by atomic mass is 32.1. The van der Waals surface area contributed by atoms with E-state index in [1.807, 2.05) is 11.4 Å². The van der Waals surface area contributed by atoms with Crippen LogP contribution in [0.3, 0.4) is 0 Å². The molecule has 0 fully saturated rings. The average Bonchev–Trinajstić information content (AvgIpc) is 3.16. The molecule has 6 nitrogen and oxygen atoms in total. The predicted molar refractivity (Wildman–Crippen MR) is 81.5 cm³/mol. The van der Waals surface area contributed by atoms with Crippen LogP contribution in [0.25, 0.3) is 10.8 Å². The monoisotopic (exact) mass is 310 g/mol. The maximum atomic E-state index is 12.3. The Morgan fingerprint density at radius 1 is 1.41 bits per heavy atom. The summed E-state index contributed by atoms with van der Waals surface area (Å²) in [4.78, 5) is 17.1. The lowest BCUT2D eigenvalue weighted by molar-refractivity contribution is 0.102. The molecule has 2 heterocycles. The number of amides is 1. The third kappa shape index (κ3) is 2.73. The van der Waals surface area contributed by atoms with E-state index in [0.717, 1.165) is 0 Å². The summed E-state index contributed by atoms with van der Waals surface area (Å²) < 4.78 is 5.13. The van der Waals surface area contributed by atoms with E-state index in [1.54, 1.807) is 31.2 Å². The molecule has 0 saturated carbocycles. The van der Waals surface area contributed by atoms with Crippen LogP contribution in [-0.2, 0) is 0 Å². The zero-order valence-corrected chi connectivity index (χ0v) is 12.3. The van der Waals surface area contributed by atoms with Gasteiger partial charge in [0.25, 0.3) is 11.8 Å². The number of thiophene rings is 1. The molecular weight excluding hydrogens is 300 g/mol. The van der Waals surface area contributed by atoms with E-state index < -0.39 is 0 Å². The van der Waals surface area contributed by atoms with Crippen molar-refractivity contribution in [1.82, 2.24) is 10.1 Å². The van der Waals surface area contributed by atoms with E-state index in [2.05, 4.69) is 15.5 Å². The number of carbonyl (C=O) groups excluding carboxylic acids is 1. The lowest BCUT2D eigenvalue weighted by Gasteiger charge is -2.04. The molecule has 1 aromatic carbocycles. The Kier molecular flexibility index (Phi) is 3.68. The second-order valence-electron chi connectivity index (χ2n) is 4.46. The number of hydrogen-bond acceptors (Lipinski definition) is 6. The Bertz CT molecular complexity index is 876. The fourth-order valence-corrected chi connectivity index (χ4v) is 2.66. The van der Waals surface area contributed by atoms with Gasteiger partial charge in [-0.25, -0.2) is 0 Å². The zero-order valence-electron chi connectivity index (χ0n) is 11.5. The van der Waals surface area contributed by atoms with Crippen molar-refractivity contribution in [3.05, 3.63) is 52.7 Å². The number of carbonyl (C=O) groups is 1. The summed E-state index contributed by atoms with van der Waals surface area (Å²) >= 11 is 1.40. The molecule has 7 heteroatoms. The van der Waals surface area contributed by atoms with Gasteiger partial charge in [0.15, 0.2) is 5.82 Å². The number of hydrogen-bond donors (Lipinski definition) is 1. The molecule has 108 valence electrons. The summed E-state index contributed by atoms with van der Waals surface area (Å²) in [5.74, 6) is 0.601. The molecule has 2 aromatic heterocycles. The molecular formula is C15H10N4O2S. The number of aryl methyl sites for hydroxylation is 1. The molecule has 3 rings (SSSR count). The van der Waals surface area contributed by atoms with Crippen LogP contribution in [0.5, 0.6) is 0 Å². The van der Waals surface area contributed by atoms with Crippen LogP contribution in [0.4, 0.5) is 5.69 Å². The van der Waals surface area contributed by atoms with E-state index in [0.29, 0.717) is 33.4 Å². The van der Waals surface area contributed by atoms with E-state index in [-0.39, 0.29) is 5.91 Å². The van der Waals surface area contributed by atoms with Crippen molar-refractivity contribution < 1.29 is 9.32 Å². The fourth-order valence-electron chi connectivity index (χ4n) is 1.89. The van der Waals surface area contributed by atoms with Gasteiger partial charge in [-0.3, -0.25) is 4.79 Å². The third-order valence-corrected chi connectivity index (χ3v) is 3.79. The van der Waals surface area contributed by atoms with Gasteiger partial charge in [-0.1, -0.05) is 11.2 Å². The average molecular weight is 310 g/mol. The highest BCUT2D eigenvalue weighted by molar-refractivity contribution is 7.14. The topological polar surface area (TPSA) is 91.8 Å². The third-order valence-electron chi connectivity index (χ3n) is 2.89. The molecule has 0 aliphatic carbocycles. The molecule has 0 atom stereocenters. The summed E-state index contributed by atoms with van der Waals surface area (Å²) in [5.41, 5.74) is 1.45. The normalized spacial score (nSPS) is 10.2. The number of aromatic nitrogens is 2. The molecule has 0 aliphatic rings. The number of anilines is 1. The standard InChI is InChI=1S/C15H10N4O2S/c1-9-17-15(21-19-9)13-12(5-6-22-13)18-14(20)11-4-2-3-10(7-11)8-16/h2-7H,1H3,(H,18,20). The molecule has 0 spiro atoms. The molecule has 0 unspecified atom stereocenters. The van der Waals surface area contributed by atoms with Gasteiger partial charge >= 0.3 is 0 Å². The van der Waals surface area contributed by atoms with E-state index in [1.165, 1.54) is 17.4 Å². The smallest absolute Gasteiger partial charge is 0.270 e. The van der Waals surface area contributed by atoms with Gasteiger partial charge in [-0.05, 0) is 36.6 Å². The highest BCUT2D eigenvalue weighted by Gasteiger charge is 2.16. The molecule has 22 heavy (non-hydrogen) atoms. The molecule has 0 radical (unpaired) electrons. The number of nitrogens with zero attached hydrogens (tertiary/aromatic N) is 3. The highest BCUT2D eigenvalue weighted by Crippen LogP contribution is 2.32. The number of nitrogens with one attached hydrogen (secondary N) is 1. The first kappa shape index (κ1) is 14.0. The molecule has 3 aromatic rings. The zero-order chi connectivity index (χ0) is 15.5. The first-order chi connectivity index (χ1) is 10.7. The number of benzene rings is 1. The van der Waals surface area contributed by atoms with Crippen molar-refractivity contribution in [1.29, 1.82) is 5.26 Å². The first-order valence-electron chi connectivity index (χ1n) is 6.37. The lowest BCUT2D eigenvalue weighted by Crippen LogP contribution is -2.12. The van der Waals surface area contributed by atoms with E-state index in [9.17, 15) is 4.79 Å². The summed E-state index contributed by atoms with van der Waals surface area (Å²) in [6.07, 6.45) is 0. The fraction of sp³-hybridized carbons (Fsp3) is 0.0667. The number of rotatable bonds is 3. The Morgan fingerprint density at radius 2 is 2.27 bits per heavy atom. The van der Waals surface area contributed by atoms with Gasteiger partial charge in [0.1, 0.15) is 4.88 Å². The SMILES string of the molecule is Cc1noc(-c2sccc2NC(=O)c2cccc(C#N)c2)n1. The van der Waals surface area contributed by atoms with Gasteiger partial charge in [-0.15, -0.1) is 11.3 Å². The van der Waals surface area contributed by atoms with E-state index in [4.69, 9.17) is 9.78 Å². The quantitative estimate of drug-likeness (QED) is 0.801. The van der Waals surface area contributed by atoms with Crippen molar-refractivity contribution >= 4 is 22.9 Å². The van der Waals surface area contributed by atoms with Gasteiger partial charge in [0.05, 0.1) is 17.3 Å². The minimum atomic E-state index is -0.298. The van der Waals surface area contributed by atoms with Crippen molar-refractivity contribution in [3.8, 4) is 16.8 Å². The van der Waals surface area contributed by atoms with Crippen molar-refractivity contribution in [2.24, 2.45) is 0 Å². The maximum Gasteiger partial charge on any atom is 0.270 e. The van der Waals surface area contributed by atoms with Crippen LogP contribution in [0.15, 0.2) is 40.2 Å². The van der Waals surface area contributed by atoms with Gasteiger partial charge in [0, 0.05) is 5.56 Å². The predicted octanol–water partition coefficient (Wildman–Crippen LogP) is 3.23. The molecule has 1 amide bonds. The van der Waals surface area contributed by atoms with Crippen molar-refractivity contribution in [3.63, 3.8) is 0 Å². The maximum absolute atomic E-state index is 12.3. The second kappa shape index (κ2) is 5.79. The summed E-state index contributed by atoms with van der Waals surface area (Å²) in [6.45, 7) is 1.73. The van der Waals surface area contributed by atoms with Crippen LogP contribution in [0, 0.1) is 18.3 Å². The largest absolute Gasteiger partial charge is 0.333 e. The molecule has 1 N–H and O–H groups in total.